The number of aryl methyl sites for hydroxylation is 2. The fourth-order valence-corrected chi connectivity index (χ4v) is 1.74. The van der Waals surface area contributed by atoms with Crippen molar-refractivity contribution >= 4 is 6.08 Å². The molecule has 0 unspecified atom stereocenters. The van der Waals surface area contributed by atoms with E-state index in [0.29, 0.717) is 0 Å². The highest BCUT2D eigenvalue weighted by Gasteiger charge is 1.93. The summed E-state index contributed by atoms with van der Waals surface area (Å²) in [5, 5.41) is 0. The van der Waals surface area contributed by atoms with Crippen LogP contribution in [0, 0.1) is 13.8 Å². The van der Waals surface area contributed by atoms with E-state index in [0.717, 1.165) is 0 Å². The molecule has 0 heteroatoms. The summed E-state index contributed by atoms with van der Waals surface area (Å²) in [6.45, 7) is 6.56. The number of hydrogen-bond donors (Lipinski definition) is 0. The summed E-state index contributed by atoms with van der Waals surface area (Å²) in [4.78, 5) is 0. The molecule has 82 valence electrons. The average molecular weight is 202 g/mol. The second-order valence-corrected chi connectivity index (χ2v) is 4.26. The maximum Gasteiger partial charge on any atom is -0.0230 e. The lowest BCUT2D eigenvalue weighted by atomic mass is 10.0. The van der Waals surface area contributed by atoms with Gasteiger partial charge in [-0.2, -0.15) is 0 Å². The molecule has 0 amide bonds. The maximum absolute atomic E-state index is 2.30. The van der Waals surface area contributed by atoms with Crippen LogP contribution in [0.4, 0.5) is 0 Å². The summed E-state index contributed by atoms with van der Waals surface area (Å²) in [6, 6.07) is 6.63. The minimum Gasteiger partial charge on any atom is -0.0839 e. The zero-order valence-corrected chi connectivity index (χ0v) is 10.2. The first-order valence-electron chi connectivity index (χ1n) is 5.98. The molecule has 15 heavy (non-hydrogen) atoms. The molecule has 0 atom stereocenters. The molecule has 0 aliphatic rings. The van der Waals surface area contributed by atoms with Gasteiger partial charge in [0.05, 0.1) is 0 Å². The average Bonchev–Trinajstić information content (AvgIpc) is 2.20. The Labute approximate surface area is 94.0 Å². The standard InChI is InChI=1S/C15H22/c1-4-5-6-7-8-9-15-11-10-13(2)12-14(15)3/h8-12H,4-7H2,1-3H3. The van der Waals surface area contributed by atoms with E-state index >= 15 is 0 Å². The highest BCUT2D eigenvalue weighted by Crippen LogP contribution is 2.13. The molecule has 0 aliphatic carbocycles. The van der Waals surface area contributed by atoms with Crippen molar-refractivity contribution < 1.29 is 0 Å². The van der Waals surface area contributed by atoms with Gasteiger partial charge in [-0.3, -0.25) is 0 Å². The van der Waals surface area contributed by atoms with Crippen LogP contribution in [-0.4, -0.2) is 0 Å². The topological polar surface area (TPSA) is 0 Å². The van der Waals surface area contributed by atoms with Gasteiger partial charge >= 0.3 is 0 Å². The Morgan fingerprint density at radius 3 is 2.60 bits per heavy atom. The first-order valence-corrected chi connectivity index (χ1v) is 5.98. The lowest BCUT2D eigenvalue weighted by Crippen LogP contribution is -1.81. The third kappa shape index (κ3) is 4.33. The third-order valence-electron chi connectivity index (χ3n) is 2.70. The van der Waals surface area contributed by atoms with E-state index in [1.54, 1.807) is 0 Å². The first-order chi connectivity index (χ1) is 7.24. The molecule has 0 fully saturated rings. The number of allylic oxidation sites excluding steroid dienone is 1. The molecule has 1 rings (SSSR count). The molecular weight excluding hydrogens is 180 g/mol. The van der Waals surface area contributed by atoms with Gasteiger partial charge in [0, 0.05) is 0 Å². The quantitative estimate of drug-likeness (QED) is 0.596. The van der Waals surface area contributed by atoms with Crippen LogP contribution in [-0.2, 0) is 0 Å². The van der Waals surface area contributed by atoms with Gasteiger partial charge in [-0.15, -0.1) is 0 Å². The summed E-state index contributed by atoms with van der Waals surface area (Å²) in [5.74, 6) is 0. The molecule has 0 spiro atoms. The fourth-order valence-electron chi connectivity index (χ4n) is 1.74. The summed E-state index contributed by atoms with van der Waals surface area (Å²) < 4.78 is 0. The van der Waals surface area contributed by atoms with Crippen LogP contribution < -0.4 is 0 Å². The van der Waals surface area contributed by atoms with Crippen LogP contribution in [0.5, 0.6) is 0 Å². The highest BCUT2D eigenvalue weighted by molar-refractivity contribution is 5.54. The summed E-state index contributed by atoms with van der Waals surface area (Å²) in [5.41, 5.74) is 4.08. The van der Waals surface area contributed by atoms with E-state index in [9.17, 15) is 0 Å². The summed E-state index contributed by atoms with van der Waals surface area (Å²) in [6.07, 6.45) is 9.73. The van der Waals surface area contributed by atoms with Crippen molar-refractivity contribution in [2.75, 3.05) is 0 Å². The van der Waals surface area contributed by atoms with Crippen molar-refractivity contribution in [3.8, 4) is 0 Å². The molecule has 0 nitrogen and oxygen atoms in total. The predicted octanol–water partition coefficient (Wildman–Crippen LogP) is 4.90. The van der Waals surface area contributed by atoms with Gasteiger partial charge in [-0.1, -0.05) is 55.7 Å². The van der Waals surface area contributed by atoms with Gasteiger partial charge in [-0.05, 0) is 37.8 Å². The van der Waals surface area contributed by atoms with Crippen LogP contribution in [0.1, 0.15) is 49.3 Å². The van der Waals surface area contributed by atoms with Crippen molar-refractivity contribution in [2.45, 2.75) is 46.5 Å². The normalized spacial score (nSPS) is 11.1. The summed E-state index contributed by atoms with van der Waals surface area (Å²) >= 11 is 0. The zero-order chi connectivity index (χ0) is 11.1. The maximum atomic E-state index is 2.30. The van der Waals surface area contributed by atoms with E-state index in [4.69, 9.17) is 0 Å². The molecule has 1 aromatic rings. The Hall–Kier alpha value is -1.04. The van der Waals surface area contributed by atoms with Gasteiger partial charge in [0.1, 0.15) is 0 Å². The lowest BCUT2D eigenvalue weighted by Gasteiger charge is -2.01. The van der Waals surface area contributed by atoms with Crippen LogP contribution in [0.3, 0.4) is 0 Å². The fraction of sp³-hybridized carbons (Fsp3) is 0.467. The Balaban J connectivity index is 2.49. The Morgan fingerprint density at radius 1 is 1.13 bits per heavy atom. The van der Waals surface area contributed by atoms with Crippen LogP contribution in [0.15, 0.2) is 24.3 Å². The minimum absolute atomic E-state index is 1.21. The molecule has 0 radical (unpaired) electrons. The SMILES string of the molecule is CCCCCC=Cc1ccc(C)cc1C. The van der Waals surface area contributed by atoms with E-state index in [-0.39, 0.29) is 0 Å². The molecule has 0 bridgehead atoms. The van der Waals surface area contributed by atoms with Crippen molar-refractivity contribution in [3.05, 3.63) is 41.0 Å². The van der Waals surface area contributed by atoms with E-state index in [2.05, 4.69) is 51.1 Å². The van der Waals surface area contributed by atoms with E-state index < -0.39 is 0 Å². The molecule has 0 heterocycles. The van der Waals surface area contributed by atoms with Crippen molar-refractivity contribution in [3.63, 3.8) is 0 Å². The van der Waals surface area contributed by atoms with Crippen molar-refractivity contribution in [1.82, 2.24) is 0 Å². The Morgan fingerprint density at radius 2 is 1.93 bits per heavy atom. The van der Waals surface area contributed by atoms with Crippen molar-refractivity contribution in [2.24, 2.45) is 0 Å². The van der Waals surface area contributed by atoms with Crippen LogP contribution >= 0.6 is 0 Å². The summed E-state index contributed by atoms with van der Waals surface area (Å²) in [7, 11) is 0. The Bertz CT molecular complexity index is 321. The monoisotopic (exact) mass is 202 g/mol. The van der Waals surface area contributed by atoms with Crippen LogP contribution in [0.2, 0.25) is 0 Å². The van der Waals surface area contributed by atoms with Gasteiger partial charge < -0.3 is 0 Å². The van der Waals surface area contributed by atoms with E-state index in [1.807, 2.05) is 0 Å². The third-order valence-corrected chi connectivity index (χ3v) is 2.70. The number of benzene rings is 1. The van der Waals surface area contributed by atoms with Crippen LogP contribution in [0.25, 0.3) is 6.08 Å². The molecule has 0 saturated carbocycles. The lowest BCUT2D eigenvalue weighted by molar-refractivity contribution is 0.730. The molecule has 0 N–H and O–H groups in total. The second-order valence-electron chi connectivity index (χ2n) is 4.26. The molecule has 0 saturated heterocycles. The number of hydrogen-bond acceptors (Lipinski definition) is 0. The largest absolute Gasteiger partial charge is 0.0839 e. The van der Waals surface area contributed by atoms with E-state index in [1.165, 1.54) is 42.4 Å². The molecular formula is C15H22. The second kappa shape index (κ2) is 6.44. The van der Waals surface area contributed by atoms with Gasteiger partial charge in [0.25, 0.3) is 0 Å². The zero-order valence-electron chi connectivity index (χ0n) is 10.2. The van der Waals surface area contributed by atoms with Crippen molar-refractivity contribution in [1.29, 1.82) is 0 Å². The predicted molar refractivity (Wildman–Crippen MR) is 69.1 cm³/mol. The molecule has 0 aliphatic heterocycles. The Kier molecular flexibility index (Phi) is 5.17. The molecule has 0 aromatic heterocycles. The van der Waals surface area contributed by atoms with Gasteiger partial charge in [0.2, 0.25) is 0 Å². The smallest absolute Gasteiger partial charge is 0.0230 e. The van der Waals surface area contributed by atoms with Gasteiger partial charge in [0.15, 0.2) is 0 Å². The number of unbranched alkanes of at least 4 members (excludes halogenated alkanes) is 3. The number of rotatable bonds is 5. The molecule has 1 aromatic carbocycles. The minimum atomic E-state index is 1.21. The first kappa shape index (κ1) is 12.0. The highest BCUT2D eigenvalue weighted by atomic mass is 14.0. The van der Waals surface area contributed by atoms with Gasteiger partial charge in [-0.25, -0.2) is 0 Å².